The molecule has 0 aromatic heterocycles. The van der Waals surface area contributed by atoms with Crippen molar-refractivity contribution in [3.8, 4) is 6.07 Å². The van der Waals surface area contributed by atoms with Gasteiger partial charge in [0.15, 0.2) is 0 Å². The third kappa shape index (κ3) is 3.18. The first-order valence-corrected chi connectivity index (χ1v) is 6.11. The Kier molecular flexibility index (Phi) is 5.39. The highest BCUT2D eigenvalue weighted by Gasteiger charge is 2.39. The number of ether oxygens (including phenoxy) is 1. The number of nitrogens with zero attached hydrogens (tertiary/aromatic N) is 2. The van der Waals surface area contributed by atoms with Gasteiger partial charge in [-0.05, 0) is 19.4 Å². The standard InChI is InChI=1S/C12H20N2O3/c1-3-5-14(9(4-2)6-13)11-8-17-7-10(11)12(15)16/h9-11H,3-5,7-8H2,1-2H3,(H,15,16). The van der Waals surface area contributed by atoms with Crippen LogP contribution in [-0.4, -0.2) is 47.8 Å². The highest BCUT2D eigenvalue weighted by atomic mass is 16.5. The van der Waals surface area contributed by atoms with Gasteiger partial charge in [-0.15, -0.1) is 0 Å². The van der Waals surface area contributed by atoms with Crippen LogP contribution in [0.2, 0.25) is 0 Å². The van der Waals surface area contributed by atoms with E-state index in [0.717, 1.165) is 13.0 Å². The Balaban J connectivity index is 2.82. The molecule has 0 radical (unpaired) electrons. The lowest BCUT2D eigenvalue weighted by molar-refractivity contribution is -0.143. The molecule has 3 unspecified atom stereocenters. The van der Waals surface area contributed by atoms with Crippen LogP contribution in [0.4, 0.5) is 0 Å². The molecule has 5 heteroatoms. The first-order chi connectivity index (χ1) is 8.15. The summed E-state index contributed by atoms with van der Waals surface area (Å²) < 4.78 is 5.27. The lowest BCUT2D eigenvalue weighted by atomic mass is 9.99. The molecule has 0 aliphatic carbocycles. The van der Waals surface area contributed by atoms with Gasteiger partial charge in [0.05, 0.1) is 31.2 Å². The average molecular weight is 240 g/mol. The quantitative estimate of drug-likeness (QED) is 0.752. The Morgan fingerprint density at radius 1 is 1.59 bits per heavy atom. The zero-order valence-electron chi connectivity index (χ0n) is 10.4. The van der Waals surface area contributed by atoms with Crippen LogP contribution < -0.4 is 0 Å². The molecule has 1 N–H and O–H groups in total. The number of aliphatic carboxylic acids is 1. The summed E-state index contributed by atoms with van der Waals surface area (Å²) in [4.78, 5) is 13.1. The molecular weight excluding hydrogens is 220 g/mol. The van der Waals surface area contributed by atoms with Crippen LogP contribution in [0.15, 0.2) is 0 Å². The van der Waals surface area contributed by atoms with Gasteiger partial charge in [0.25, 0.3) is 0 Å². The summed E-state index contributed by atoms with van der Waals surface area (Å²) in [6.07, 6.45) is 1.61. The first kappa shape index (κ1) is 13.9. The third-order valence-electron chi connectivity index (χ3n) is 3.21. The second-order valence-electron chi connectivity index (χ2n) is 4.34. The normalized spacial score (nSPS) is 25.8. The van der Waals surface area contributed by atoms with Crippen molar-refractivity contribution in [3.05, 3.63) is 0 Å². The van der Waals surface area contributed by atoms with Gasteiger partial charge in [0.2, 0.25) is 0 Å². The molecule has 1 heterocycles. The molecule has 1 fully saturated rings. The minimum atomic E-state index is -0.832. The molecule has 96 valence electrons. The Labute approximate surface area is 102 Å². The molecular formula is C12H20N2O3. The van der Waals surface area contributed by atoms with Crippen LogP contribution in [0.1, 0.15) is 26.7 Å². The van der Waals surface area contributed by atoms with Crippen LogP contribution >= 0.6 is 0 Å². The van der Waals surface area contributed by atoms with Crippen LogP contribution in [0, 0.1) is 17.2 Å². The van der Waals surface area contributed by atoms with Crippen LogP contribution in [-0.2, 0) is 9.53 Å². The molecule has 17 heavy (non-hydrogen) atoms. The fraction of sp³-hybridized carbons (Fsp3) is 0.833. The highest BCUT2D eigenvalue weighted by molar-refractivity contribution is 5.71. The fourth-order valence-electron chi connectivity index (χ4n) is 2.32. The Morgan fingerprint density at radius 2 is 2.29 bits per heavy atom. The number of hydrogen-bond donors (Lipinski definition) is 1. The first-order valence-electron chi connectivity index (χ1n) is 6.11. The van der Waals surface area contributed by atoms with Gasteiger partial charge in [-0.1, -0.05) is 13.8 Å². The number of carboxylic acid groups (broad SMARTS) is 1. The number of nitriles is 1. The molecule has 1 aliphatic rings. The molecule has 0 aromatic rings. The Hall–Kier alpha value is -1.12. The molecule has 0 bridgehead atoms. The molecule has 0 saturated carbocycles. The van der Waals surface area contributed by atoms with E-state index in [1.165, 1.54) is 0 Å². The summed E-state index contributed by atoms with van der Waals surface area (Å²) in [7, 11) is 0. The van der Waals surface area contributed by atoms with E-state index in [9.17, 15) is 4.79 Å². The van der Waals surface area contributed by atoms with Crippen molar-refractivity contribution in [1.29, 1.82) is 5.26 Å². The smallest absolute Gasteiger partial charge is 0.310 e. The monoisotopic (exact) mass is 240 g/mol. The van der Waals surface area contributed by atoms with Gasteiger partial charge in [-0.2, -0.15) is 5.26 Å². The highest BCUT2D eigenvalue weighted by Crippen LogP contribution is 2.23. The van der Waals surface area contributed by atoms with E-state index in [1.807, 2.05) is 18.7 Å². The summed E-state index contributed by atoms with van der Waals surface area (Å²) in [5.41, 5.74) is 0. The van der Waals surface area contributed by atoms with E-state index in [0.29, 0.717) is 13.0 Å². The maximum absolute atomic E-state index is 11.1. The van der Waals surface area contributed by atoms with Crippen molar-refractivity contribution in [2.45, 2.75) is 38.8 Å². The van der Waals surface area contributed by atoms with Crippen LogP contribution in [0.5, 0.6) is 0 Å². The van der Waals surface area contributed by atoms with Crippen molar-refractivity contribution >= 4 is 5.97 Å². The largest absolute Gasteiger partial charge is 0.481 e. The molecule has 0 spiro atoms. The van der Waals surface area contributed by atoms with Crippen molar-refractivity contribution in [1.82, 2.24) is 4.90 Å². The van der Waals surface area contributed by atoms with Gasteiger partial charge in [-0.3, -0.25) is 9.69 Å². The van der Waals surface area contributed by atoms with Gasteiger partial charge in [-0.25, -0.2) is 0 Å². The van der Waals surface area contributed by atoms with Crippen molar-refractivity contribution in [2.75, 3.05) is 19.8 Å². The number of carboxylic acids is 1. The Morgan fingerprint density at radius 3 is 2.76 bits per heavy atom. The van der Waals surface area contributed by atoms with Crippen molar-refractivity contribution in [2.24, 2.45) is 5.92 Å². The van der Waals surface area contributed by atoms with Gasteiger partial charge < -0.3 is 9.84 Å². The summed E-state index contributed by atoms with van der Waals surface area (Å²) in [5.74, 6) is -1.34. The zero-order chi connectivity index (χ0) is 12.8. The van der Waals surface area contributed by atoms with Gasteiger partial charge in [0, 0.05) is 6.04 Å². The van der Waals surface area contributed by atoms with Crippen molar-refractivity contribution in [3.63, 3.8) is 0 Å². The maximum atomic E-state index is 11.1. The average Bonchev–Trinajstić information content (AvgIpc) is 2.78. The van der Waals surface area contributed by atoms with Gasteiger partial charge in [0.1, 0.15) is 0 Å². The fourth-order valence-corrected chi connectivity index (χ4v) is 2.32. The van der Waals surface area contributed by atoms with E-state index in [4.69, 9.17) is 15.1 Å². The summed E-state index contributed by atoms with van der Waals surface area (Å²) in [6, 6.07) is 1.86. The minimum Gasteiger partial charge on any atom is -0.481 e. The molecule has 3 atom stereocenters. The molecule has 1 aliphatic heterocycles. The lowest BCUT2D eigenvalue weighted by Crippen LogP contribution is -2.48. The number of carbonyl (C=O) groups is 1. The van der Waals surface area contributed by atoms with Gasteiger partial charge >= 0.3 is 5.97 Å². The third-order valence-corrected chi connectivity index (χ3v) is 3.21. The molecule has 0 aromatic carbocycles. The second-order valence-corrected chi connectivity index (χ2v) is 4.34. The summed E-state index contributed by atoms with van der Waals surface area (Å²) in [5, 5.41) is 18.3. The predicted octanol–water partition coefficient (Wildman–Crippen LogP) is 1.10. The van der Waals surface area contributed by atoms with E-state index >= 15 is 0 Å². The van der Waals surface area contributed by atoms with E-state index < -0.39 is 11.9 Å². The molecule has 5 nitrogen and oxygen atoms in total. The lowest BCUT2D eigenvalue weighted by Gasteiger charge is -2.33. The predicted molar refractivity (Wildman–Crippen MR) is 62.4 cm³/mol. The van der Waals surface area contributed by atoms with Crippen molar-refractivity contribution < 1.29 is 14.6 Å². The van der Waals surface area contributed by atoms with E-state index in [2.05, 4.69) is 6.07 Å². The van der Waals surface area contributed by atoms with Crippen LogP contribution in [0.3, 0.4) is 0 Å². The SMILES string of the molecule is CCCN(C(C#N)CC)C1COCC1C(=O)O. The Bertz CT molecular complexity index is 301. The summed E-state index contributed by atoms with van der Waals surface area (Å²) >= 11 is 0. The van der Waals surface area contributed by atoms with E-state index in [1.54, 1.807) is 0 Å². The molecule has 0 amide bonds. The maximum Gasteiger partial charge on any atom is 0.310 e. The van der Waals surface area contributed by atoms with Crippen LogP contribution in [0.25, 0.3) is 0 Å². The van der Waals surface area contributed by atoms with E-state index in [-0.39, 0.29) is 18.7 Å². The molecule has 1 rings (SSSR count). The summed E-state index contributed by atoms with van der Waals surface area (Å²) in [6.45, 7) is 5.38. The zero-order valence-corrected chi connectivity index (χ0v) is 10.4. The number of rotatable bonds is 6. The topological polar surface area (TPSA) is 73.6 Å². The molecule has 1 saturated heterocycles. The second kappa shape index (κ2) is 6.58. The number of hydrogen-bond acceptors (Lipinski definition) is 4. The minimum absolute atomic E-state index is 0.169.